The lowest BCUT2D eigenvalue weighted by molar-refractivity contribution is -0.114. The minimum absolute atomic E-state index is 0.0582. The zero-order valence-electron chi connectivity index (χ0n) is 8.25. The van der Waals surface area contributed by atoms with Gasteiger partial charge in [0.2, 0.25) is 5.91 Å². The van der Waals surface area contributed by atoms with Crippen molar-refractivity contribution < 1.29 is 4.79 Å². The molecular weight excluding hydrogens is 254 g/mol. The molecular formula is C12H10BrNO. The Bertz CT molecular complexity index is 522. The van der Waals surface area contributed by atoms with Crippen molar-refractivity contribution in [1.29, 1.82) is 0 Å². The number of rotatable bonds is 1. The van der Waals surface area contributed by atoms with Gasteiger partial charge in [0, 0.05) is 17.1 Å². The topological polar surface area (TPSA) is 29.1 Å². The van der Waals surface area contributed by atoms with E-state index >= 15 is 0 Å². The van der Waals surface area contributed by atoms with Gasteiger partial charge in [-0.15, -0.1) is 0 Å². The van der Waals surface area contributed by atoms with Gasteiger partial charge >= 0.3 is 0 Å². The van der Waals surface area contributed by atoms with E-state index in [1.165, 1.54) is 6.92 Å². The Hall–Kier alpha value is -1.35. The average Bonchev–Trinajstić information content (AvgIpc) is 2.16. The highest BCUT2D eigenvalue weighted by Crippen LogP contribution is 2.27. The van der Waals surface area contributed by atoms with Gasteiger partial charge in [-0.3, -0.25) is 4.79 Å². The SMILES string of the molecule is CC(=O)Nc1cc(Br)c2ccccc2c1. The van der Waals surface area contributed by atoms with Crippen molar-refractivity contribution in [2.45, 2.75) is 6.92 Å². The lowest BCUT2D eigenvalue weighted by Gasteiger charge is -2.06. The molecule has 0 fully saturated rings. The number of nitrogens with one attached hydrogen (secondary N) is 1. The average molecular weight is 264 g/mol. The van der Waals surface area contributed by atoms with E-state index in [-0.39, 0.29) is 5.91 Å². The highest BCUT2D eigenvalue weighted by Gasteiger charge is 2.02. The molecule has 0 atom stereocenters. The van der Waals surface area contributed by atoms with Crippen molar-refractivity contribution in [3.8, 4) is 0 Å². The molecule has 76 valence electrons. The number of hydrogen-bond donors (Lipinski definition) is 1. The highest BCUT2D eigenvalue weighted by atomic mass is 79.9. The first-order valence-electron chi connectivity index (χ1n) is 4.63. The molecule has 0 aromatic heterocycles. The van der Waals surface area contributed by atoms with E-state index in [1.807, 2.05) is 36.4 Å². The van der Waals surface area contributed by atoms with Crippen LogP contribution >= 0.6 is 15.9 Å². The Morgan fingerprint density at radius 3 is 2.73 bits per heavy atom. The summed E-state index contributed by atoms with van der Waals surface area (Å²) in [7, 11) is 0. The second kappa shape index (κ2) is 4.03. The quantitative estimate of drug-likeness (QED) is 0.838. The van der Waals surface area contributed by atoms with Crippen LogP contribution in [0, 0.1) is 0 Å². The Balaban J connectivity index is 2.57. The van der Waals surface area contributed by atoms with Crippen LogP contribution in [0.2, 0.25) is 0 Å². The number of hydrogen-bond acceptors (Lipinski definition) is 1. The molecule has 2 nitrogen and oxygen atoms in total. The minimum Gasteiger partial charge on any atom is -0.326 e. The molecule has 3 heteroatoms. The predicted molar refractivity (Wildman–Crippen MR) is 66.0 cm³/mol. The molecule has 0 aliphatic carbocycles. The fourth-order valence-electron chi connectivity index (χ4n) is 1.54. The van der Waals surface area contributed by atoms with E-state index < -0.39 is 0 Å². The first kappa shape index (κ1) is 10.2. The predicted octanol–water partition coefficient (Wildman–Crippen LogP) is 3.56. The summed E-state index contributed by atoms with van der Waals surface area (Å²) in [6, 6.07) is 11.9. The smallest absolute Gasteiger partial charge is 0.221 e. The molecule has 0 spiro atoms. The molecule has 2 rings (SSSR count). The van der Waals surface area contributed by atoms with Crippen LogP contribution in [0.3, 0.4) is 0 Å². The van der Waals surface area contributed by atoms with Crippen molar-refractivity contribution in [1.82, 2.24) is 0 Å². The molecule has 0 unspecified atom stereocenters. The summed E-state index contributed by atoms with van der Waals surface area (Å²) in [5, 5.41) is 5.02. The molecule has 0 saturated heterocycles. The number of carbonyl (C=O) groups excluding carboxylic acids is 1. The van der Waals surface area contributed by atoms with Crippen LogP contribution < -0.4 is 5.32 Å². The van der Waals surface area contributed by atoms with Gasteiger partial charge in [0.1, 0.15) is 0 Å². The molecule has 1 amide bonds. The normalized spacial score (nSPS) is 10.3. The molecule has 1 N–H and O–H groups in total. The maximum absolute atomic E-state index is 10.9. The van der Waals surface area contributed by atoms with Crippen molar-refractivity contribution >= 4 is 38.3 Å². The molecule has 2 aromatic carbocycles. The van der Waals surface area contributed by atoms with Crippen LogP contribution in [0.4, 0.5) is 5.69 Å². The summed E-state index contributed by atoms with van der Waals surface area (Å²) < 4.78 is 0.990. The van der Waals surface area contributed by atoms with E-state index in [4.69, 9.17) is 0 Å². The van der Waals surface area contributed by atoms with E-state index in [0.29, 0.717) is 0 Å². The highest BCUT2D eigenvalue weighted by molar-refractivity contribution is 9.10. The van der Waals surface area contributed by atoms with Gasteiger partial charge in [-0.05, 0) is 22.9 Å². The molecule has 0 heterocycles. The molecule has 0 aliphatic rings. The van der Waals surface area contributed by atoms with E-state index in [9.17, 15) is 4.79 Å². The summed E-state index contributed by atoms with van der Waals surface area (Å²) in [6.07, 6.45) is 0. The third-order valence-electron chi connectivity index (χ3n) is 2.13. The largest absolute Gasteiger partial charge is 0.326 e. The summed E-state index contributed by atoms with van der Waals surface area (Å²) >= 11 is 3.49. The van der Waals surface area contributed by atoms with Gasteiger partial charge in [0.25, 0.3) is 0 Å². The first-order valence-corrected chi connectivity index (χ1v) is 5.42. The van der Waals surface area contributed by atoms with E-state index in [0.717, 1.165) is 20.9 Å². The van der Waals surface area contributed by atoms with Gasteiger partial charge in [-0.2, -0.15) is 0 Å². The second-order valence-electron chi connectivity index (χ2n) is 3.36. The third kappa shape index (κ3) is 2.18. The molecule has 0 aliphatic heterocycles. The number of carbonyl (C=O) groups is 1. The lowest BCUT2D eigenvalue weighted by Crippen LogP contribution is -2.05. The van der Waals surface area contributed by atoms with Crippen LogP contribution in [-0.4, -0.2) is 5.91 Å². The maximum Gasteiger partial charge on any atom is 0.221 e. The van der Waals surface area contributed by atoms with Crippen LogP contribution in [0.25, 0.3) is 10.8 Å². The number of anilines is 1. The van der Waals surface area contributed by atoms with E-state index in [1.54, 1.807) is 0 Å². The number of amides is 1. The molecule has 15 heavy (non-hydrogen) atoms. The van der Waals surface area contributed by atoms with Crippen LogP contribution in [-0.2, 0) is 4.79 Å². The first-order chi connectivity index (χ1) is 7.16. The Labute approximate surface area is 96.4 Å². The third-order valence-corrected chi connectivity index (χ3v) is 2.79. The Morgan fingerprint density at radius 1 is 1.27 bits per heavy atom. The van der Waals surface area contributed by atoms with Crippen LogP contribution in [0.1, 0.15) is 6.92 Å². The maximum atomic E-state index is 10.9. The van der Waals surface area contributed by atoms with Crippen molar-refractivity contribution in [3.05, 3.63) is 40.9 Å². The van der Waals surface area contributed by atoms with Crippen LogP contribution in [0.5, 0.6) is 0 Å². The molecule has 0 bridgehead atoms. The molecule has 2 aromatic rings. The van der Waals surface area contributed by atoms with Crippen LogP contribution in [0.15, 0.2) is 40.9 Å². The minimum atomic E-state index is -0.0582. The van der Waals surface area contributed by atoms with E-state index in [2.05, 4.69) is 21.2 Å². The summed E-state index contributed by atoms with van der Waals surface area (Å²) in [5.41, 5.74) is 0.813. The summed E-state index contributed by atoms with van der Waals surface area (Å²) in [4.78, 5) is 10.9. The zero-order chi connectivity index (χ0) is 10.8. The van der Waals surface area contributed by atoms with Gasteiger partial charge in [0.05, 0.1) is 0 Å². The van der Waals surface area contributed by atoms with Crippen molar-refractivity contribution in [2.75, 3.05) is 5.32 Å². The van der Waals surface area contributed by atoms with Gasteiger partial charge in [-0.1, -0.05) is 40.2 Å². The molecule has 0 radical (unpaired) electrons. The number of halogens is 1. The Kier molecular flexibility index (Phi) is 2.73. The number of fused-ring (bicyclic) bond motifs is 1. The fraction of sp³-hybridized carbons (Fsp3) is 0.0833. The lowest BCUT2D eigenvalue weighted by atomic mass is 10.1. The summed E-state index contributed by atoms with van der Waals surface area (Å²) in [5.74, 6) is -0.0582. The van der Waals surface area contributed by atoms with Gasteiger partial charge in [0.15, 0.2) is 0 Å². The number of benzene rings is 2. The standard InChI is InChI=1S/C12H10BrNO/c1-8(15)14-10-6-9-4-2-3-5-11(9)12(13)7-10/h2-7H,1H3,(H,14,15). The monoisotopic (exact) mass is 263 g/mol. The fourth-order valence-corrected chi connectivity index (χ4v) is 2.15. The van der Waals surface area contributed by atoms with Gasteiger partial charge < -0.3 is 5.32 Å². The van der Waals surface area contributed by atoms with Gasteiger partial charge in [-0.25, -0.2) is 0 Å². The summed E-state index contributed by atoms with van der Waals surface area (Å²) in [6.45, 7) is 1.50. The zero-order valence-corrected chi connectivity index (χ0v) is 9.84. The molecule has 0 saturated carbocycles. The van der Waals surface area contributed by atoms with Crippen molar-refractivity contribution in [3.63, 3.8) is 0 Å². The Morgan fingerprint density at radius 2 is 2.00 bits per heavy atom. The van der Waals surface area contributed by atoms with Crippen molar-refractivity contribution in [2.24, 2.45) is 0 Å². The second-order valence-corrected chi connectivity index (χ2v) is 4.21.